The highest BCUT2D eigenvalue weighted by Crippen LogP contribution is 2.20. The topological polar surface area (TPSA) is 74.5 Å². The molecule has 1 unspecified atom stereocenters. The van der Waals surface area contributed by atoms with E-state index in [1.165, 1.54) is 24.1 Å². The number of nitrogens with zero attached hydrogens (tertiary/aromatic N) is 3. The number of hydrogen-bond donors (Lipinski definition) is 2. The Morgan fingerprint density at radius 3 is 2.83 bits per heavy atom. The molecule has 0 spiro atoms. The molecule has 2 aliphatic rings. The second-order valence-corrected chi connectivity index (χ2v) is 8.27. The molecule has 1 aromatic rings. The summed E-state index contributed by atoms with van der Waals surface area (Å²) in [6.07, 6.45) is 7.99. The van der Waals surface area contributed by atoms with Gasteiger partial charge in [0, 0.05) is 49.3 Å². The summed E-state index contributed by atoms with van der Waals surface area (Å²) >= 11 is 1.56. The molecule has 7 heteroatoms. The lowest BCUT2D eigenvalue weighted by Crippen LogP contribution is -2.54. The number of aromatic nitrogens is 1. The predicted molar refractivity (Wildman–Crippen MR) is 97.9 cm³/mol. The summed E-state index contributed by atoms with van der Waals surface area (Å²) in [5, 5.41) is 3.85. The Labute approximate surface area is 148 Å². The van der Waals surface area contributed by atoms with E-state index in [9.17, 15) is 4.79 Å². The number of nitrogens with two attached hydrogens (primary N) is 1. The molecule has 3 N–H and O–H groups in total. The zero-order valence-electron chi connectivity index (χ0n) is 14.5. The van der Waals surface area contributed by atoms with Crippen molar-refractivity contribution in [3.05, 3.63) is 11.1 Å². The number of piperazine rings is 1. The number of nitrogen functional groups attached to an aromatic ring is 1. The summed E-state index contributed by atoms with van der Waals surface area (Å²) in [6, 6.07) is 0.839. The molecule has 1 aromatic heterocycles. The van der Waals surface area contributed by atoms with Crippen LogP contribution in [0, 0.1) is 0 Å². The van der Waals surface area contributed by atoms with E-state index in [-0.39, 0.29) is 5.91 Å². The van der Waals surface area contributed by atoms with Gasteiger partial charge in [0.2, 0.25) is 5.91 Å². The fourth-order valence-corrected chi connectivity index (χ4v) is 4.48. The van der Waals surface area contributed by atoms with E-state index in [0.717, 1.165) is 39.0 Å². The first-order valence-corrected chi connectivity index (χ1v) is 9.88. The largest absolute Gasteiger partial charge is 0.375 e. The number of hydrogen-bond acceptors (Lipinski definition) is 6. The van der Waals surface area contributed by atoms with Crippen LogP contribution in [0.4, 0.5) is 5.13 Å². The van der Waals surface area contributed by atoms with Crippen molar-refractivity contribution in [3.8, 4) is 0 Å². The van der Waals surface area contributed by atoms with Crippen molar-refractivity contribution in [1.29, 1.82) is 0 Å². The average Bonchev–Trinajstić information content (AvgIpc) is 2.96. The van der Waals surface area contributed by atoms with Crippen LogP contribution < -0.4 is 11.1 Å². The lowest BCUT2D eigenvalue weighted by Gasteiger charge is -2.39. The molecular weight excluding hydrogens is 322 g/mol. The summed E-state index contributed by atoms with van der Waals surface area (Å²) in [5.41, 5.74) is 5.71. The number of anilines is 1. The van der Waals surface area contributed by atoms with Crippen molar-refractivity contribution in [1.82, 2.24) is 20.1 Å². The second kappa shape index (κ2) is 8.27. The zero-order chi connectivity index (χ0) is 16.9. The molecule has 3 rings (SSSR count). The number of amides is 1. The van der Waals surface area contributed by atoms with E-state index < -0.39 is 0 Å². The maximum atomic E-state index is 12.3. The van der Waals surface area contributed by atoms with Gasteiger partial charge in [-0.3, -0.25) is 14.6 Å². The lowest BCUT2D eigenvalue weighted by atomic mass is 9.95. The third-order valence-corrected chi connectivity index (χ3v) is 5.93. The summed E-state index contributed by atoms with van der Waals surface area (Å²) < 4.78 is 0. The summed E-state index contributed by atoms with van der Waals surface area (Å²) in [6.45, 7) is 6.52. The van der Waals surface area contributed by atoms with Crippen molar-refractivity contribution in [3.63, 3.8) is 0 Å². The molecule has 6 nitrogen and oxygen atoms in total. The van der Waals surface area contributed by atoms with Crippen molar-refractivity contribution >= 4 is 22.4 Å². The van der Waals surface area contributed by atoms with E-state index in [0.29, 0.717) is 23.8 Å². The minimum Gasteiger partial charge on any atom is -0.375 e. The Morgan fingerprint density at radius 1 is 1.38 bits per heavy atom. The van der Waals surface area contributed by atoms with Crippen LogP contribution in [0.25, 0.3) is 0 Å². The van der Waals surface area contributed by atoms with Crippen LogP contribution in [0.2, 0.25) is 0 Å². The van der Waals surface area contributed by atoms with E-state index in [2.05, 4.69) is 27.0 Å². The Bertz CT molecular complexity index is 543. The van der Waals surface area contributed by atoms with Gasteiger partial charge >= 0.3 is 0 Å². The minimum atomic E-state index is 0.192. The van der Waals surface area contributed by atoms with Crippen LogP contribution in [-0.2, 0) is 11.3 Å². The van der Waals surface area contributed by atoms with Crippen LogP contribution in [0.3, 0.4) is 0 Å². The first kappa shape index (κ1) is 17.6. The SMILES string of the molecule is CC1CN(CC(=O)NC2CCCCC2)CCN1Cc1cnc(N)s1. The van der Waals surface area contributed by atoms with Crippen LogP contribution >= 0.6 is 11.3 Å². The highest BCUT2D eigenvalue weighted by Gasteiger charge is 2.26. The fourth-order valence-electron chi connectivity index (χ4n) is 3.77. The molecule has 1 saturated heterocycles. The number of carbonyl (C=O) groups excluding carboxylic acids is 1. The van der Waals surface area contributed by atoms with Crippen LogP contribution in [0.15, 0.2) is 6.20 Å². The smallest absolute Gasteiger partial charge is 0.234 e. The predicted octanol–water partition coefficient (Wildman–Crippen LogP) is 1.68. The van der Waals surface area contributed by atoms with Gasteiger partial charge in [0.1, 0.15) is 0 Å². The van der Waals surface area contributed by atoms with Gasteiger partial charge in [0.05, 0.1) is 6.54 Å². The molecular formula is C17H29N5OS. The standard InChI is InChI=1S/C17H29N5OS/c1-13-10-21(12-16(23)20-14-5-3-2-4-6-14)7-8-22(13)11-15-9-19-17(18)24-15/h9,13-14H,2-8,10-12H2,1H3,(H2,18,19)(H,20,23). The molecule has 1 saturated carbocycles. The zero-order valence-corrected chi connectivity index (χ0v) is 15.4. The fraction of sp³-hybridized carbons (Fsp3) is 0.765. The molecule has 1 atom stereocenters. The molecule has 1 aliphatic heterocycles. The van der Waals surface area contributed by atoms with Gasteiger partial charge in [0.25, 0.3) is 0 Å². The van der Waals surface area contributed by atoms with Gasteiger partial charge in [-0.1, -0.05) is 19.3 Å². The van der Waals surface area contributed by atoms with Crippen LogP contribution in [0.5, 0.6) is 0 Å². The van der Waals surface area contributed by atoms with E-state index in [4.69, 9.17) is 5.73 Å². The van der Waals surface area contributed by atoms with E-state index >= 15 is 0 Å². The normalized spacial score (nSPS) is 24.1. The number of carbonyl (C=O) groups is 1. The number of thiazole rings is 1. The van der Waals surface area contributed by atoms with Gasteiger partial charge in [-0.2, -0.15) is 0 Å². The van der Waals surface area contributed by atoms with Crippen molar-refractivity contribution in [2.45, 2.75) is 57.7 Å². The average molecular weight is 352 g/mol. The third kappa shape index (κ3) is 4.91. The van der Waals surface area contributed by atoms with Gasteiger partial charge in [-0.05, 0) is 19.8 Å². The molecule has 0 radical (unpaired) electrons. The molecule has 0 bridgehead atoms. The van der Waals surface area contributed by atoms with Gasteiger partial charge < -0.3 is 11.1 Å². The van der Waals surface area contributed by atoms with Gasteiger partial charge in [-0.15, -0.1) is 11.3 Å². The molecule has 1 aliphatic carbocycles. The first-order valence-electron chi connectivity index (χ1n) is 9.06. The highest BCUT2D eigenvalue weighted by atomic mass is 32.1. The third-order valence-electron chi connectivity index (χ3n) is 5.12. The van der Waals surface area contributed by atoms with Crippen molar-refractivity contribution in [2.75, 3.05) is 31.9 Å². The highest BCUT2D eigenvalue weighted by molar-refractivity contribution is 7.15. The Morgan fingerprint density at radius 2 is 2.17 bits per heavy atom. The van der Waals surface area contributed by atoms with Gasteiger partial charge in [0.15, 0.2) is 5.13 Å². The van der Waals surface area contributed by atoms with Crippen molar-refractivity contribution < 1.29 is 4.79 Å². The molecule has 2 heterocycles. The Kier molecular flexibility index (Phi) is 6.08. The second-order valence-electron chi connectivity index (χ2n) is 7.12. The molecule has 134 valence electrons. The Hall–Kier alpha value is -1.18. The van der Waals surface area contributed by atoms with Crippen molar-refractivity contribution in [2.24, 2.45) is 0 Å². The number of rotatable bonds is 5. The summed E-state index contributed by atoms with van der Waals surface area (Å²) in [4.78, 5) is 22.3. The lowest BCUT2D eigenvalue weighted by molar-refractivity contribution is -0.123. The minimum absolute atomic E-state index is 0.192. The molecule has 0 aromatic carbocycles. The molecule has 2 fully saturated rings. The monoisotopic (exact) mass is 351 g/mol. The first-order chi connectivity index (χ1) is 11.6. The summed E-state index contributed by atoms with van der Waals surface area (Å²) in [7, 11) is 0. The van der Waals surface area contributed by atoms with Gasteiger partial charge in [-0.25, -0.2) is 4.98 Å². The Balaban J connectivity index is 1.42. The summed E-state index contributed by atoms with van der Waals surface area (Å²) in [5.74, 6) is 0.192. The van der Waals surface area contributed by atoms with E-state index in [1.54, 1.807) is 11.3 Å². The maximum absolute atomic E-state index is 12.3. The maximum Gasteiger partial charge on any atom is 0.234 e. The van der Waals surface area contributed by atoms with E-state index in [1.807, 2.05) is 6.20 Å². The quantitative estimate of drug-likeness (QED) is 0.844. The van der Waals surface area contributed by atoms with Crippen LogP contribution in [0.1, 0.15) is 43.9 Å². The van der Waals surface area contributed by atoms with Crippen LogP contribution in [-0.4, -0.2) is 59.0 Å². The number of nitrogens with one attached hydrogen (secondary N) is 1. The molecule has 24 heavy (non-hydrogen) atoms. The molecule has 1 amide bonds.